The molecular formula is C16H28N2O2. The summed E-state index contributed by atoms with van der Waals surface area (Å²) in [5.41, 5.74) is 3.90. The van der Waals surface area contributed by atoms with Crippen molar-refractivity contribution in [3.05, 3.63) is 35.9 Å². The van der Waals surface area contributed by atoms with Crippen LogP contribution in [0.25, 0.3) is 0 Å². The summed E-state index contributed by atoms with van der Waals surface area (Å²) in [6, 6.07) is 10.3. The van der Waals surface area contributed by atoms with Gasteiger partial charge in [0.25, 0.3) is 0 Å². The number of hydrogen-bond donors (Lipinski definition) is 2. The van der Waals surface area contributed by atoms with Crippen LogP contribution in [-0.2, 0) is 9.47 Å². The van der Waals surface area contributed by atoms with Crippen molar-refractivity contribution in [2.24, 2.45) is 5.84 Å². The lowest BCUT2D eigenvalue weighted by Crippen LogP contribution is -2.42. The molecule has 0 radical (unpaired) electrons. The summed E-state index contributed by atoms with van der Waals surface area (Å²) in [7, 11) is 1.74. The summed E-state index contributed by atoms with van der Waals surface area (Å²) < 4.78 is 11.4. The van der Waals surface area contributed by atoms with E-state index in [0.29, 0.717) is 6.61 Å². The Morgan fingerprint density at radius 3 is 2.40 bits per heavy atom. The first kappa shape index (κ1) is 17.1. The number of ether oxygens (including phenoxy) is 2. The highest BCUT2D eigenvalue weighted by Gasteiger charge is 2.26. The fourth-order valence-electron chi connectivity index (χ4n) is 2.19. The quantitative estimate of drug-likeness (QED) is 0.539. The van der Waals surface area contributed by atoms with Crippen LogP contribution in [0.2, 0.25) is 0 Å². The topological polar surface area (TPSA) is 56.5 Å². The summed E-state index contributed by atoms with van der Waals surface area (Å²) >= 11 is 0. The van der Waals surface area contributed by atoms with Gasteiger partial charge in [0.05, 0.1) is 17.7 Å². The Hall–Kier alpha value is -0.940. The minimum absolute atomic E-state index is 0.0427. The van der Waals surface area contributed by atoms with Crippen molar-refractivity contribution in [3.8, 4) is 0 Å². The molecule has 2 atom stereocenters. The zero-order chi connectivity index (χ0) is 15.0. The lowest BCUT2D eigenvalue weighted by atomic mass is 9.93. The van der Waals surface area contributed by atoms with Crippen molar-refractivity contribution in [1.29, 1.82) is 0 Å². The highest BCUT2D eigenvalue weighted by atomic mass is 16.5. The molecule has 4 heteroatoms. The zero-order valence-corrected chi connectivity index (χ0v) is 13.1. The molecule has 1 rings (SSSR count). The fourth-order valence-corrected chi connectivity index (χ4v) is 2.19. The molecule has 0 saturated carbocycles. The first-order valence-electron chi connectivity index (χ1n) is 7.22. The van der Waals surface area contributed by atoms with Crippen LogP contribution < -0.4 is 11.3 Å². The minimum Gasteiger partial charge on any atom is -0.379 e. The molecule has 0 aliphatic rings. The van der Waals surface area contributed by atoms with Crippen molar-refractivity contribution in [1.82, 2.24) is 5.43 Å². The molecule has 0 fully saturated rings. The fraction of sp³-hybridized carbons (Fsp3) is 0.625. The number of benzene rings is 1. The third kappa shape index (κ3) is 5.21. The standard InChI is InChI=1S/C16H28N2O2/c1-5-20-15(13-9-7-6-8-10-13)14(18-17)11-12-16(2,3)19-4/h6-10,14-15,18H,5,11-12,17H2,1-4H3. The van der Waals surface area contributed by atoms with E-state index in [1.54, 1.807) is 7.11 Å². The second-order valence-corrected chi connectivity index (χ2v) is 5.56. The van der Waals surface area contributed by atoms with Gasteiger partial charge < -0.3 is 9.47 Å². The van der Waals surface area contributed by atoms with Crippen LogP contribution in [0.3, 0.4) is 0 Å². The highest BCUT2D eigenvalue weighted by Crippen LogP contribution is 2.26. The largest absolute Gasteiger partial charge is 0.379 e. The Morgan fingerprint density at radius 1 is 1.25 bits per heavy atom. The summed E-state index contributed by atoms with van der Waals surface area (Å²) in [5.74, 6) is 5.74. The van der Waals surface area contributed by atoms with E-state index < -0.39 is 0 Å². The summed E-state index contributed by atoms with van der Waals surface area (Å²) in [6.45, 7) is 6.82. The molecule has 4 nitrogen and oxygen atoms in total. The Balaban J connectivity index is 2.77. The number of hydrazine groups is 1. The molecule has 2 unspecified atom stereocenters. The van der Waals surface area contributed by atoms with Crippen molar-refractivity contribution < 1.29 is 9.47 Å². The number of nitrogens with two attached hydrogens (primary N) is 1. The summed E-state index contributed by atoms with van der Waals surface area (Å²) in [4.78, 5) is 0. The molecular weight excluding hydrogens is 252 g/mol. The maximum Gasteiger partial charge on any atom is 0.0991 e. The normalized spacial score (nSPS) is 15.1. The van der Waals surface area contributed by atoms with Gasteiger partial charge >= 0.3 is 0 Å². The van der Waals surface area contributed by atoms with E-state index >= 15 is 0 Å². The van der Waals surface area contributed by atoms with Gasteiger partial charge in [-0.25, -0.2) is 0 Å². The molecule has 0 amide bonds. The third-order valence-corrected chi connectivity index (χ3v) is 3.66. The predicted molar refractivity (Wildman–Crippen MR) is 82.2 cm³/mol. The molecule has 1 aromatic rings. The molecule has 0 aliphatic carbocycles. The van der Waals surface area contributed by atoms with Crippen LogP contribution in [0.15, 0.2) is 30.3 Å². The van der Waals surface area contributed by atoms with Crippen LogP contribution in [0, 0.1) is 0 Å². The molecule has 1 aromatic carbocycles. The van der Waals surface area contributed by atoms with Crippen LogP contribution >= 0.6 is 0 Å². The van der Waals surface area contributed by atoms with E-state index in [1.165, 1.54) is 0 Å². The Morgan fingerprint density at radius 2 is 1.90 bits per heavy atom. The Bertz CT molecular complexity index is 368. The number of nitrogens with one attached hydrogen (secondary N) is 1. The molecule has 114 valence electrons. The highest BCUT2D eigenvalue weighted by molar-refractivity contribution is 5.19. The third-order valence-electron chi connectivity index (χ3n) is 3.66. The maximum atomic E-state index is 5.90. The van der Waals surface area contributed by atoms with Crippen molar-refractivity contribution in [3.63, 3.8) is 0 Å². The smallest absolute Gasteiger partial charge is 0.0991 e. The first-order valence-corrected chi connectivity index (χ1v) is 7.22. The Kier molecular flexibility index (Phi) is 7.16. The van der Waals surface area contributed by atoms with Crippen LogP contribution in [-0.4, -0.2) is 25.4 Å². The molecule has 20 heavy (non-hydrogen) atoms. The SMILES string of the molecule is CCOC(c1ccccc1)C(CCC(C)(C)OC)NN. The summed E-state index contributed by atoms with van der Waals surface area (Å²) in [6.07, 6.45) is 1.75. The van der Waals surface area contributed by atoms with Crippen molar-refractivity contribution in [2.75, 3.05) is 13.7 Å². The second-order valence-electron chi connectivity index (χ2n) is 5.56. The summed E-state index contributed by atoms with van der Waals surface area (Å²) in [5, 5.41) is 0. The van der Waals surface area contributed by atoms with Gasteiger partial charge in [0.15, 0.2) is 0 Å². The number of rotatable bonds is 9. The average Bonchev–Trinajstić information content (AvgIpc) is 2.47. The average molecular weight is 280 g/mol. The van der Waals surface area contributed by atoms with Crippen LogP contribution in [0.1, 0.15) is 45.3 Å². The van der Waals surface area contributed by atoms with E-state index in [9.17, 15) is 0 Å². The van der Waals surface area contributed by atoms with Gasteiger partial charge in [0, 0.05) is 13.7 Å². The molecule has 0 saturated heterocycles. The molecule has 0 bridgehead atoms. The van der Waals surface area contributed by atoms with Gasteiger partial charge in [-0.2, -0.15) is 0 Å². The first-order chi connectivity index (χ1) is 9.54. The second kappa shape index (κ2) is 8.37. The Labute approximate surface area is 122 Å². The van der Waals surface area contributed by atoms with E-state index in [1.807, 2.05) is 25.1 Å². The molecule has 0 aliphatic heterocycles. The maximum absolute atomic E-state index is 5.90. The number of hydrogen-bond acceptors (Lipinski definition) is 4. The van der Waals surface area contributed by atoms with Gasteiger partial charge in [-0.15, -0.1) is 0 Å². The molecule has 3 N–H and O–H groups in total. The monoisotopic (exact) mass is 280 g/mol. The van der Waals surface area contributed by atoms with Gasteiger partial charge in [0.1, 0.15) is 0 Å². The number of methoxy groups -OCH3 is 1. The van der Waals surface area contributed by atoms with Gasteiger partial charge in [-0.05, 0) is 39.2 Å². The predicted octanol–water partition coefficient (Wildman–Crippen LogP) is 2.80. The van der Waals surface area contributed by atoms with Crippen molar-refractivity contribution in [2.45, 2.75) is 51.4 Å². The zero-order valence-electron chi connectivity index (χ0n) is 13.1. The van der Waals surface area contributed by atoms with Crippen LogP contribution in [0.4, 0.5) is 0 Å². The lowest BCUT2D eigenvalue weighted by Gasteiger charge is -2.30. The van der Waals surface area contributed by atoms with E-state index in [4.69, 9.17) is 15.3 Å². The molecule has 0 aromatic heterocycles. The minimum atomic E-state index is -0.150. The lowest BCUT2D eigenvalue weighted by molar-refractivity contribution is -0.00477. The van der Waals surface area contributed by atoms with Gasteiger partial charge in [-0.1, -0.05) is 30.3 Å². The molecule has 0 spiro atoms. The van der Waals surface area contributed by atoms with E-state index in [0.717, 1.165) is 18.4 Å². The molecule has 0 heterocycles. The van der Waals surface area contributed by atoms with E-state index in [-0.39, 0.29) is 17.7 Å². The van der Waals surface area contributed by atoms with Crippen LogP contribution in [0.5, 0.6) is 0 Å². The van der Waals surface area contributed by atoms with E-state index in [2.05, 4.69) is 31.4 Å². The van der Waals surface area contributed by atoms with Gasteiger partial charge in [-0.3, -0.25) is 11.3 Å². The van der Waals surface area contributed by atoms with Crippen molar-refractivity contribution >= 4 is 0 Å². The van der Waals surface area contributed by atoms with Gasteiger partial charge in [0.2, 0.25) is 0 Å².